The van der Waals surface area contributed by atoms with Gasteiger partial charge in [0.2, 0.25) is 0 Å². The van der Waals surface area contributed by atoms with Gasteiger partial charge in [0.25, 0.3) is 11.8 Å². The zero-order valence-corrected chi connectivity index (χ0v) is 17.2. The predicted octanol–water partition coefficient (Wildman–Crippen LogP) is 2.18. The summed E-state index contributed by atoms with van der Waals surface area (Å²) in [5.41, 5.74) is 3.59. The maximum atomic E-state index is 13.0. The van der Waals surface area contributed by atoms with Crippen LogP contribution in [-0.4, -0.2) is 39.1 Å². The Hall–Kier alpha value is -3.94. The number of carbonyl (C=O) groups is 3. The second kappa shape index (κ2) is 6.80. The average Bonchev–Trinajstić information content (AvgIpc) is 3.41. The molecule has 2 aromatic carbocycles. The molecule has 0 spiro atoms. The third-order valence-electron chi connectivity index (χ3n) is 5.89. The summed E-state index contributed by atoms with van der Waals surface area (Å²) in [4.78, 5) is 39.7. The van der Waals surface area contributed by atoms with Crippen LogP contribution in [0.15, 0.2) is 54.9 Å². The fourth-order valence-electron chi connectivity index (χ4n) is 4.17. The van der Waals surface area contributed by atoms with Crippen molar-refractivity contribution in [1.82, 2.24) is 25.3 Å². The van der Waals surface area contributed by atoms with Crippen molar-refractivity contribution in [2.45, 2.75) is 25.9 Å². The van der Waals surface area contributed by atoms with Crippen LogP contribution in [0.2, 0.25) is 0 Å². The maximum Gasteiger partial charge on any atom is 0.322 e. The fourth-order valence-corrected chi connectivity index (χ4v) is 4.17. The molecule has 3 heterocycles. The summed E-state index contributed by atoms with van der Waals surface area (Å²) in [6, 6.07) is 12.9. The summed E-state index contributed by atoms with van der Waals surface area (Å²) >= 11 is 0. The molecule has 1 unspecified atom stereocenters. The van der Waals surface area contributed by atoms with Crippen LogP contribution in [0, 0.1) is 13.8 Å². The Morgan fingerprint density at radius 3 is 2.48 bits per heavy atom. The Kier molecular flexibility index (Phi) is 4.18. The lowest BCUT2D eigenvalue weighted by atomic mass is 9.92. The van der Waals surface area contributed by atoms with Crippen LogP contribution in [-0.2, 0) is 16.9 Å². The van der Waals surface area contributed by atoms with Gasteiger partial charge in [-0.05, 0) is 37.6 Å². The van der Waals surface area contributed by atoms with Gasteiger partial charge >= 0.3 is 6.03 Å². The van der Waals surface area contributed by atoms with Crippen molar-refractivity contribution in [2.24, 2.45) is 0 Å². The first kappa shape index (κ1) is 19.0. The summed E-state index contributed by atoms with van der Waals surface area (Å²) < 4.78 is 1.65. The van der Waals surface area contributed by atoms with Crippen molar-refractivity contribution in [3.05, 3.63) is 82.7 Å². The molecule has 1 aromatic heterocycles. The van der Waals surface area contributed by atoms with Crippen LogP contribution in [0.4, 0.5) is 4.79 Å². The number of nitrogens with zero attached hydrogens (tertiary/aromatic N) is 3. The molecule has 2 aliphatic rings. The minimum atomic E-state index is -1.41. The number of benzene rings is 2. The van der Waals surface area contributed by atoms with Gasteiger partial charge in [0, 0.05) is 23.9 Å². The third-order valence-corrected chi connectivity index (χ3v) is 5.89. The van der Waals surface area contributed by atoms with E-state index in [2.05, 4.69) is 15.7 Å². The van der Waals surface area contributed by atoms with Crippen molar-refractivity contribution in [2.75, 3.05) is 6.54 Å². The predicted molar refractivity (Wildman–Crippen MR) is 113 cm³/mol. The Morgan fingerprint density at radius 1 is 1.03 bits per heavy atom. The van der Waals surface area contributed by atoms with E-state index in [1.54, 1.807) is 22.0 Å². The van der Waals surface area contributed by atoms with Crippen molar-refractivity contribution in [1.29, 1.82) is 0 Å². The van der Waals surface area contributed by atoms with E-state index in [0.29, 0.717) is 17.7 Å². The third kappa shape index (κ3) is 3.07. The SMILES string of the molecule is Cc1ccc(-n2cc(C3(CN4Cc5ccc(C)cc5C4=O)NC(=O)NC3=O)cn2)cc1. The molecule has 3 aromatic rings. The minimum absolute atomic E-state index is 0.0106. The van der Waals surface area contributed by atoms with E-state index in [1.807, 2.05) is 56.3 Å². The molecule has 4 amide bonds. The molecule has 2 N–H and O–H groups in total. The summed E-state index contributed by atoms with van der Waals surface area (Å²) in [5, 5.41) is 9.46. The van der Waals surface area contributed by atoms with Gasteiger partial charge in [-0.15, -0.1) is 0 Å². The highest BCUT2D eigenvalue weighted by Gasteiger charge is 2.51. The Labute approximate surface area is 178 Å². The second-order valence-electron chi connectivity index (χ2n) is 8.14. The topological polar surface area (TPSA) is 96.3 Å². The van der Waals surface area contributed by atoms with Crippen LogP contribution in [0.5, 0.6) is 0 Å². The molecule has 1 atom stereocenters. The minimum Gasteiger partial charge on any atom is -0.331 e. The molecular formula is C23H21N5O3. The van der Waals surface area contributed by atoms with Gasteiger partial charge in [-0.2, -0.15) is 5.10 Å². The number of hydrogen-bond acceptors (Lipinski definition) is 4. The highest BCUT2D eigenvalue weighted by atomic mass is 16.2. The largest absolute Gasteiger partial charge is 0.331 e. The van der Waals surface area contributed by atoms with Gasteiger partial charge in [-0.3, -0.25) is 14.9 Å². The lowest BCUT2D eigenvalue weighted by Gasteiger charge is -2.30. The van der Waals surface area contributed by atoms with Crippen LogP contribution in [0.3, 0.4) is 0 Å². The normalized spacial score (nSPS) is 20.1. The number of imide groups is 1. The second-order valence-corrected chi connectivity index (χ2v) is 8.14. The number of amides is 4. The molecule has 156 valence electrons. The number of rotatable bonds is 4. The Bertz CT molecular complexity index is 1230. The summed E-state index contributed by atoms with van der Waals surface area (Å²) in [7, 11) is 0. The molecule has 8 nitrogen and oxygen atoms in total. The molecule has 0 saturated carbocycles. The zero-order valence-electron chi connectivity index (χ0n) is 17.2. The van der Waals surface area contributed by atoms with Crippen molar-refractivity contribution in [3.63, 3.8) is 0 Å². The molecule has 1 fully saturated rings. The van der Waals surface area contributed by atoms with E-state index < -0.39 is 17.5 Å². The van der Waals surface area contributed by atoms with E-state index in [-0.39, 0.29) is 12.5 Å². The fraction of sp³-hybridized carbons (Fsp3) is 0.217. The Morgan fingerprint density at radius 2 is 1.77 bits per heavy atom. The summed E-state index contributed by atoms with van der Waals surface area (Å²) in [5.74, 6) is -0.654. The van der Waals surface area contributed by atoms with Gasteiger partial charge in [0.15, 0.2) is 5.54 Å². The monoisotopic (exact) mass is 415 g/mol. The van der Waals surface area contributed by atoms with Gasteiger partial charge in [0.1, 0.15) is 0 Å². The van der Waals surface area contributed by atoms with Gasteiger partial charge in [-0.1, -0.05) is 35.4 Å². The average molecular weight is 415 g/mol. The highest BCUT2D eigenvalue weighted by molar-refractivity contribution is 6.08. The molecule has 5 rings (SSSR count). The van der Waals surface area contributed by atoms with E-state index >= 15 is 0 Å². The van der Waals surface area contributed by atoms with Crippen molar-refractivity contribution in [3.8, 4) is 5.69 Å². The van der Waals surface area contributed by atoms with E-state index in [1.165, 1.54) is 0 Å². The molecule has 0 aliphatic carbocycles. The quantitative estimate of drug-likeness (QED) is 0.639. The first-order valence-corrected chi connectivity index (χ1v) is 10.0. The smallest absolute Gasteiger partial charge is 0.322 e. The number of fused-ring (bicyclic) bond motifs is 1. The number of carbonyl (C=O) groups excluding carboxylic acids is 3. The number of hydrogen-bond donors (Lipinski definition) is 2. The van der Waals surface area contributed by atoms with Crippen LogP contribution in [0.25, 0.3) is 5.69 Å². The lowest BCUT2D eigenvalue weighted by Crippen LogP contribution is -2.52. The van der Waals surface area contributed by atoms with Crippen LogP contribution < -0.4 is 10.6 Å². The zero-order chi connectivity index (χ0) is 21.8. The molecule has 31 heavy (non-hydrogen) atoms. The van der Waals surface area contributed by atoms with E-state index in [9.17, 15) is 14.4 Å². The van der Waals surface area contributed by atoms with Crippen molar-refractivity contribution < 1.29 is 14.4 Å². The van der Waals surface area contributed by atoms with Crippen LogP contribution >= 0.6 is 0 Å². The van der Waals surface area contributed by atoms with E-state index in [4.69, 9.17) is 0 Å². The van der Waals surface area contributed by atoms with Crippen LogP contribution in [0.1, 0.15) is 32.6 Å². The standard InChI is InChI=1S/C23H21N5O3/c1-14-4-7-18(8-5-14)28-12-17(10-24-28)23(21(30)25-22(31)26-23)13-27-11-16-6-3-15(2)9-19(16)20(27)29/h3-10,12H,11,13H2,1-2H3,(H2,25,26,30,31). The first-order chi connectivity index (χ1) is 14.9. The van der Waals surface area contributed by atoms with E-state index in [0.717, 1.165) is 22.4 Å². The number of aromatic nitrogens is 2. The molecule has 1 saturated heterocycles. The van der Waals surface area contributed by atoms with Gasteiger partial charge in [0.05, 0.1) is 18.4 Å². The molecule has 2 aliphatic heterocycles. The lowest BCUT2D eigenvalue weighted by molar-refractivity contribution is -0.124. The van der Waals surface area contributed by atoms with Gasteiger partial charge in [-0.25, -0.2) is 9.48 Å². The molecule has 8 heteroatoms. The molecule has 0 radical (unpaired) electrons. The molecule has 0 bridgehead atoms. The summed E-state index contributed by atoms with van der Waals surface area (Å²) in [6.07, 6.45) is 3.27. The first-order valence-electron chi connectivity index (χ1n) is 10.0. The number of nitrogens with one attached hydrogen (secondary N) is 2. The summed E-state index contributed by atoms with van der Waals surface area (Å²) in [6.45, 7) is 4.32. The van der Waals surface area contributed by atoms with Gasteiger partial charge < -0.3 is 10.2 Å². The molecular weight excluding hydrogens is 394 g/mol. The number of aryl methyl sites for hydroxylation is 2. The number of urea groups is 1. The van der Waals surface area contributed by atoms with Crippen molar-refractivity contribution >= 4 is 17.8 Å². The maximum absolute atomic E-state index is 13.0. The Balaban J connectivity index is 1.50. The highest BCUT2D eigenvalue weighted by Crippen LogP contribution is 2.31.